The SMILES string of the molecule is C.C.C.C.C.CCN(CC)CC.CN1CCCC1c1cccnc1.COC(C)CCBr.COC(CCC(=O)c1cccnc1)OC.CON(C)C(=O)c1cccnc1.ClCCl.O=C(O)c1cccnc1.O=CCCC(=O)c1cccnc1. The molecule has 0 saturated carbocycles. The van der Waals surface area contributed by atoms with E-state index in [1.165, 1.54) is 82.5 Å². The van der Waals surface area contributed by atoms with Crippen LogP contribution >= 0.6 is 39.1 Å². The number of nitrogens with zero attached hydrogens (tertiary/aromatic N) is 8. The van der Waals surface area contributed by atoms with Gasteiger partial charge in [-0.15, -0.1) is 23.2 Å². The number of amides is 1. The van der Waals surface area contributed by atoms with Crippen LogP contribution in [0.1, 0.15) is 163 Å². The molecule has 0 aromatic carbocycles. The lowest BCUT2D eigenvalue weighted by atomic mass is 10.1. The molecular formula is C61H101BrCl2N8O10. The highest BCUT2D eigenvalue weighted by atomic mass is 79.9. The average Bonchev–Trinajstić information content (AvgIpc) is 3.93. The molecule has 1 aliphatic heterocycles. The number of aromatic nitrogens is 5. The molecule has 0 radical (unpaired) electrons. The van der Waals surface area contributed by atoms with Crippen LogP contribution in [0.4, 0.5) is 0 Å². The topological polar surface area (TPSA) is 217 Å². The lowest BCUT2D eigenvalue weighted by Gasteiger charge is -2.18. The van der Waals surface area contributed by atoms with Crippen LogP contribution in [-0.2, 0) is 23.8 Å². The van der Waals surface area contributed by atoms with Crippen LogP contribution in [0.25, 0.3) is 0 Å². The van der Waals surface area contributed by atoms with Crippen molar-refractivity contribution in [1.29, 1.82) is 0 Å². The third-order valence-corrected chi connectivity index (χ3v) is 11.3. The number of halogens is 3. The average molecular weight is 1260 g/mol. The summed E-state index contributed by atoms with van der Waals surface area (Å²) < 4.78 is 15.0. The van der Waals surface area contributed by atoms with E-state index in [1.54, 1.807) is 95.6 Å². The predicted molar refractivity (Wildman–Crippen MR) is 341 cm³/mol. The van der Waals surface area contributed by atoms with Crippen LogP contribution < -0.4 is 0 Å². The van der Waals surface area contributed by atoms with E-state index in [-0.39, 0.29) is 84.6 Å². The quantitative estimate of drug-likeness (QED) is 0.0252. The Bertz CT molecular complexity index is 2190. The molecule has 1 aliphatic rings. The van der Waals surface area contributed by atoms with E-state index >= 15 is 0 Å². The van der Waals surface area contributed by atoms with Crippen LogP contribution in [0.5, 0.6) is 0 Å². The van der Waals surface area contributed by atoms with Gasteiger partial charge in [-0.05, 0) is 120 Å². The number of aldehydes is 1. The summed E-state index contributed by atoms with van der Waals surface area (Å²) in [6.45, 7) is 13.4. The summed E-state index contributed by atoms with van der Waals surface area (Å²) in [6.07, 6.45) is 22.1. The third kappa shape index (κ3) is 45.1. The zero-order valence-corrected chi connectivity index (χ0v) is 49.5. The van der Waals surface area contributed by atoms with Gasteiger partial charge < -0.3 is 29.0 Å². The van der Waals surface area contributed by atoms with Crippen LogP contribution in [0.3, 0.4) is 0 Å². The van der Waals surface area contributed by atoms with Crippen molar-refractivity contribution in [3.05, 3.63) is 150 Å². The number of carbonyl (C=O) groups excluding carboxylic acids is 4. The molecule has 6 heterocycles. The van der Waals surface area contributed by atoms with Gasteiger partial charge in [-0.25, -0.2) is 9.86 Å². The van der Waals surface area contributed by atoms with Gasteiger partial charge in [0.1, 0.15) is 6.29 Å². The number of hydrogen-bond acceptors (Lipinski definition) is 16. The maximum Gasteiger partial charge on any atom is 0.337 e. The van der Waals surface area contributed by atoms with E-state index < -0.39 is 5.97 Å². The first-order valence-electron chi connectivity index (χ1n) is 24.9. The largest absolute Gasteiger partial charge is 0.478 e. The van der Waals surface area contributed by atoms with Crippen LogP contribution in [0.2, 0.25) is 0 Å². The standard InChI is InChI=1S/C11H15NO3.C10H14N2.C9H9NO2.C8H10N2O2.C6H5NO2.C6H15N.C5H11BrO.CH2Cl2.5CH4/c1-14-11(15-2)6-5-10(13)9-4-3-7-12-8-9;1-12-7-3-5-10(12)9-4-2-6-11-8-9;11-6-2-4-9(12)8-3-1-5-10-7-8;1-10(12-2)8(11)7-4-3-5-9-6-7;8-6(9)5-2-1-3-7-4-5;1-4-7(5-2)6-3;1-5(7-2)3-4-6;2-1-3;;;;;/h3-4,7-8,11H,5-6H2,1-2H3;2,4,6,8,10H,3,5,7H2,1H3;1,3,5-7H,2,4H2;3-6H,1-2H3;1-4H,(H,8,9);4-6H2,1-3H3;5H,3-4H2,1-2H3;1H2;5*1H4. The van der Waals surface area contributed by atoms with Gasteiger partial charge in [0.05, 0.1) is 29.7 Å². The summed E-state index contributed by atoms with van der Waals surface area (Å²) in [6, 6.07) is 18.2. The number of ether oxygens (including phenoxy) is 3. The number of likely N-dealkylation sites (tertiary alicyclic amines) is 1. The number of carboxylic acids is 1. The summed E-state index contributed by atoms with van der Waals surface area (Å²) in [5.41, 5.74) is 3.29. The Morgan fingerprint density at radius 3 is 1.38 bits per heavy atom. The Hall–Kier alpha value is -5.48. The Kier molecular flexibility index (Phi) is 67.8. The number of carbonyl (C=O) groups is 5. The molecule has 1 N–H and O–H groups in total. The second-order valence-corrected chi connectivity index (χ2v) is 17.5. The van der Waals surface area contributed by atoms with E-state index in [2.05, 4.69) is 91.5 Å². The Labute approximate surface area is 512 Å². The Morgan fingerprint density at radius 1 is 0.683 bits per heavy atom. The first kappa shape index (κ1) is 90.3. The molecule has 0 aliphatic carbocycles. The molecule has 21 heteroatoms. The van der Waals surface area contributed by atoms with Crippen molar-refractivity contribution in [2.45, 2.75) is 128 Å². The first-order valence-corrected chi connectivity index (χ1v) is 27.1. The fourth-order valence-corrected chi connectivity index (χ4v) is 6.85. The van der Waals surface area contributed by atoms with Gasteiger partial charge in [0.15, 0.2) is 17.9 Å². The molecule has 2 atom stereocenters. The lowest BCUT2D eigenvalue weighted by molar-refractivity contribution is -0.107. The molecule has 18 nitrogen and oxygen atoms in total. The van der Waals surface area contributed by atoms with Crippen molar-refractivity contribution in [2.24, 2.45) is 0 Å². The minimum Gasteiger partial charge on any atom is -0.478 e. The van der Waals surface area contributed by atoms with Crippen molar-refractivity contribution in [3.63, 3.8) is 0 Å². The summed E-state index contributed by atoms with van der Waals surface area (Å²) in [5.74, 6) is -1.12. The molecule has 82 heavy (non-hydrogen) atoms. The number of carboxylic acid groups (broad SMARTS) is 1. The van der Waals surface area contributed by atoms with Gasteiger partial charge >= 0.3 is 5.97 Å². The van der Waals surface area contributed by atoms with Gasteiger partial charge in [0.2, 0.25) is 0 Å². The molecule has 1 fully saturated rings. The van der Waals surface area contributed by atoms with Crippen molar-refractivity contribution >= 4 is 68.9 Å². The molecule has 466 valence electrons. The highest BCUT2D eigenvalue weighted by Gasteiger charge is 2.22. The van der Waals surface area contributed by atoms with Crippen LogP contribution in [-0.4, -0.2) is 166 Å². The zero-order valence-electron chi connectivity index (χ0n) is 46.4. The second-order valence-electron chi connectivity index (χ2n) is 15.9. The molecule has 2 unspecified atom stereocenters. The maximum atomic E-state index is 11.6. The van der Waals surface area contributed by atoms with Gasteiger partial charge in [-0.3, -0.25) is 49.0 Å². The Morgan fingerprint density at radius 2 is 1.10 bits per heavy atom. The van der Waals surface area contributed by atoms with Gasteiger partial charge in [0, 0.05) is 139 Å². The number of hydroxylamine groups is 2. The van der Waals surface area contributed by atoms with Gasteiger partial charge in [-0.2, -0.15) is 0 Å². The zero-order chi connectivity index (χ0) is 58.1. The number of hydrogen-bond donors (Lipinski definition) is 1. The first-order chi connectivity index (χ1) is 37.1. The monoisotopic (exact) mass is 1250 g/mol. The highest BCUT2D eigenvalue weighted by molar-refractivity contribution is 9.09. The normalized spacial score (nSPS) is 11.6. The fraction of sp³-hybridized carbons (Fsp3) is 0.508. The molecule has 1 saturated heterocycles. The van der Waals surface area contributed by atoms with Gasteiger partial charge in [0.25, 0.3) is 5.91 Å². The molecular weight excluding hydrogens is 1160 g/mol. The summed E-state index contributed by atoms with van der Waals surface area (Å²) in [4.78, 5) is 83.1. The molecule has 0 bridgehead atoms. The van der Waals surface area contributed by atoms with E-state index in [4.69, 9.17) is 47.4 Å². The van der Waals surface area contributed by atoms with E-state index in [0.29, 0.717) is 41.7 Å². The second kappa shape index (κ2) is 61.6. The molecule has 5 aromatic rings. The van der Waals surface area contributed by atoms with Gasteiger partial charge in [-0.1, -0.05) is 79.9 Å². The molecule has 0 spiro atoms. The number of Topliss-reactive ketones (excluding diaryl/α,β-unsaturated/α-hetero) is 2. The maximum absolute atomic E-state index is 11.6. The van der Waals surface area contributed by atoms with E-state index in [1.807, 2.05) is 18.5 Å². The van der Waals surface area contributed by atoms with Crippen molar-refractivity contribution < 1.29 is 48.1 Å². The summed E-state index contributed by atoms with van der Waals surface area (Å²) >= 11 is 12.8. The summed E-state index contributed by atoms with van der Waals surface area (Å²) in [5, 5.41) is 10.7. The number of aromatic carboxylic acids is 1. The van der Waals surface area contributed by atoms with E-state index in [0.717, 1.165) is 23.1 Å². The number of methoxy groups -OCH3 is 3. The number of alkyl halides is 3. The summed E-state index contributed by atoms with van der Waals surface area (Å²) in [7, 11) is 10.0. The van der Waals surface area contributed by atoms with Crippen molar-refractivity contribution in [1.82, 2.24) is 39.8 Å². The van der Waals surface area contributed by atoms with E-state index in [9.17, 15) is 24.0 Å². The number of pyridine rings is 5. The molecule has 6 rings (SSSR count). The number of rotatable bonds is 20. The van der Waals surface area contributed by atoms with Crippen molar-refractivity contribution in [2.75, 3.05) is 79.4 Å². The Balaban J connectivity index is -0.000000159. The fourth-order valence-electron chi connectivity index (χ4n) is 6.21. The molecule has 1 amide bonds. The highest BCUT2D eigenvalue weighted by Crippen LogP contribution is 2.29. The minimum atomic E-state index is -0.942. The lowest BCUT2D eigenvalue weighted by Crippen LogP contribution is -2.25. The minimum absolute atomic E-state index is 0. The van der Waals surface area contributed by atoms with Crippen LogP contribution in [0.15, 0.2) is 123 Å². The third-order valence-electron chi connectivity index (χ3n) is 10.8. The number of ketones is 2. The van der Waals surface area contributed by atoms with Crippen LogP contribution in [0, 0.1) is 0 Å². The molecule has 5 aromatic heterocycles. The predicted octanol–water partition coefficient (Wildman–Crippen LogP) is 14.0. The van der Waals surface area contributed by atoms with Crippen molar-refractivity contribution in [3.8, 4) is 0 Å². The smallest absolute Gasteiger partial charge is 0.337 e.